The lowest BCUT2D eigenvalue weighted by atomic mass is 9.96. The Morgan fingerprint density at radius 2 is 1.95 bits per heavy atom. The fourth-order valence-corrected chi connectivity index (χ4v) is 1.55. The van der Waals surface area contributed by atoms with Gasteiger partial charge in [0.25, 0.3) is 0 Å². The molecule has 6 heteroatoms. The van der Waals surface area contributed by atoms with E-state index in [1.54, 1.807) is 6.07 Å². The van der Waals surface area contributed by atoms with Crippen molar-refractivity contribution in [1.82, 2.24) is 9.97 Å². The number of aliphatic hydroxyl groups is 1. The largest absolute Gasteiger partial charge is 0.396 e. The van der Waals surface area contributed by atoms with Crippen LogP contribution in [0, 0.1) is 5.92 Å². The zero-order chi connectivity index (χ0) is 14.5. The van der Waals surface area contributed by atoms with Crippen LogP contribution in [-0.2, 0) is 5.41 Å². The Bertz CT molecular complexity index is 403. The fraction of sp³-hybridized carbons (Fsp3) is 0.692. The topological polar surface area (TPSA) is 96.1 Å². The van der Waals surface area contributed by atoms with Crippen molar-refractivity contribution in [3.05, 3.63) is 11.9 Å². The van der Waals surface area contributed by atoms with Crippen LogP contribution in [0.4, 0.5) is 11.6 Å². The van der Waals surface area contributed by atoms with Crippen molar-refractivity contribution in [1.29, 1.82) is 0 Å². The van der Waals surface area contributed by atoms with E-state index in [1.165, 1.54) is 0 Å². The number of hydrazine groups is 1. The Hall–Kier alpha value is -1.40. The molecule has 0 amide bonds. The molecule has 0 saturated carbocycles. The highest BCUT2D eigenvalue weighted by Crippen LogP contribution is 2.22. The summed E-state index contributed by atoms with van der Waals surface area (Å²) in [4.78, 5) is 8.86. The van der Waals surface area contributed by atoms with Gasteiger partial charge in [0.1, 0.15) is 17.5 Å². The monoisotopic (exact) mass is 267 g/mol. The Balaban J connectivity index is 2.83. The third kappa shape index (κ3) is 5.00. The maximum Gasteiger partial charge on any atom is 0.145 e. The molecule has 6 nitrogen and oxygen atoms in total. The summed E-state index contributed by atoms with van der Waals surface area (Å²) in [6, 6.07) is 1.78. The summed E-state index contributed by atoms with van der Waals surface area (Å²) in [6.45, 7) is 9.21. The quantitative estimate of drug-likeness (QED) is 0.461. The minimum atomic E-state index is -0.139. The van der Waals surface area contributed by atoms with E-state index in [0.29, 0.717) is 11.7 Å². The van der Waals surface area contributed by atoms with Crippen molar-refractivity contribution < 1.29 is 5.11 Å². The Morgan fingerprint density at radius 3 is 2.47 bits per heavy atom. The van der Waals surface area contributed by atoms with E-state index in [4.69, 9.17) is 10.9 Å². The van der Waals surface area contributed by atoms with Gasteiger partial charge in [0.05, 0.1) is 0 Å². The highest BCUT2D eigenvalue weighted by Gasteiger charge is 2.19. The first-order chi connectivity index (χ1) is 8.86. The van der Waals surface area contributed by atoms with Gasteiger partial charge in [0.2, 0.25) is 0 Å². The number of nitrogen functional groups attached to an aromatic ring is 1. The molecule has 1 unspecified atom stereocenters. The van der Waals surface area contributed by atoms with Gasteiger partial charge in [0.15, 0.2) is 0 Å². The van der Waals surface area contributed by atoms with Gasteiger partial charge in [-0.25, -0.2) is 15.8 Å². The molecule has 0 bridgehead atoms. The van der Waals surface area contributed by atoms with Crippen LogP contribution in [0.3, 0.4) is 0 Å². The number of nitrogens with zero attached hydrogens (tertiary/aromatic N) is 2. The number of hydrogen-bond donors (Lipinski definition) is 4. The van der Waals surface area contributed by atoms with Gasteiger partial charge in [-0.3, -0.25) is 0 Å². The minimum Gasteiger partial charge on any atom is -0.396 e. The molecule has 1 rings (SSSR count). The van der Waals surface area contributed by atoms with Crippen LogP contribution >= 0.6 is 0 Å². The lowest BCUT2D eigenvalue weighted by Crippen LogP contribution is -2.21. The molecular weight excluding hydrogens is 242 g/mol. The molecule has 0 aliphatic rings. The SMILES string of the molecule is CC(CCO)CNc1cc(NN)nc(C(C)(C)C)n1. The molecule has 0 saturated heterocycles. The molecule has 1 heterocycles. The predicted octanol–water partition coefficient (Wildman–Crippen LogP) is 1.49. The van der Waals surface area contributed by atoms with E-state index < -0.39 is 0 Å². The number of hydrogen-bond acceptors (Lipinski definition) is 6. The zero-order valence-electron chi connectivity index (χ0n) is 12.2. The molecule has 0 aromatic carbocycles. The summed E-state index contributed by atoms with van der Waals surface area (Å²) in [6.07, 6.45) is 0.770. The first-order valence-corrected chi connectivity index (χ1v) is 6.57. The number of nitrogens with one attached hydrogen (secondary N) is 2. The minimum absolute atomic E-state index is 0.139. The predicted molar refractivity (Wildman–Crippen MR) is 77.9 cm³/mol. The van der Waals surface area contributed by atoms with Crippen molar-refractivity contribution in [2.45, 2.75) is 39.5 Å². The summed E-state index contributed by atoms with van der Waals surface area (Å²) < 4.78 is 0. The number of nitrogens with two attached hydrogens (primary N) is 1. The summed E-state index contributed by atoms with van der Waals surface area (Å²) >= 11 is 0. The smallest absolute Gasteiger partial charge is 0.145 e. The summed E-state index contributed by atoms with van der Waals surface area (Å²) in [5, 5.41) is 12.1. The average molecular weight is 267 g/mol. The van der Waals surface area contributed by atoms with Crippen molar-refractivity contribution in [3.63, 3.8) is 0 Å². The third-order valence-electron chi connectivity index (χ3n) is 2.80. The van der Waals surface area contributed by atoms with E-state index in [-0.39, 0.29) is 12.0 Å². The number of rotatable bonds is 6. The van der Waals surface area contributed by atoms with Crippen LogP contribution in [0.5, 0.6) is 0 Å². The standard InChI is InChI=1S/C13H25N5O/c1-9(5-6-19)8-15-10-7-11(18-14)17-12(16-10)13(2,3)4/h7,9,19H,5-6,8,14H2,1-4H3,(H2,15,16,17,18). The third-order valence-corrected chi connectivity index (χ3v) is 2.80. The summed E-state index contributed by atoms with van der Waals surface area (Å²) in [7, 11) is 0. The van der Waals surface area contributed by atoms with E-state index in [1.807, 2.05) is 0 Å². The van der Waals surface area contributed by atoms with Crippen LogP contribution in [0.25, 0.3) is 0 Å². The Labute approximate surface area is 114 Å². The number of aliphatic hydroxyl groups excluding tert-OH is 1. The molecule has 0 fully saturated rings. The van der Waals surface area contributed by atoms with Gasteiger partial charge in [-0.05, 0) is 12.3 Å². The van der Waals surface area contributed by atoms with Gasteiger partial charge >= 0.3 is 0 Å². The second-order valence-electron chi connectivity index (χ2n) is 5.85. The normalized spacial score (nSPS) is 13.2. The van der Waals surface area contributed by atoms with Crippen LogP contribution in [0.1, 0.15) is 39.9 Å². The fourth-order valence-electron chi connectivity index (χ4n) is 1.55. The lowest BCUT2D eigenvalue weighted by molar-refractivity contribution is 0.266. The maximum atomic E-state index is 8.89. The molecular formula is C13H25N5O. The Morgan fingerprint density at radius 1 is 1.32 bits per heavy atom. The second-order valence-corrected chi connectivity index (χ2v) is 5.85. The van der Waals surface area contributed by atoms with Crippen LogP contribution < -0.4 is 16.6 Å². The van der Waals surface area contributed by atoms with Crippen molar-refractivity contribution in [3.8, 4) is 0 Å². The first-order valence-electron chi connectivity index (χ1n) is 6.57. The molecule has 0 radical (unpaired) electrons. The van der Waals surface area contributed by atoms with Gasteiger partial charge in [0, 0.05) is 24.6 Å². The van der Waals surface area contributed by atoms with E-state index in [2.05, 4.69) is 48.4 Å². The summed E-state index contributed by atoms with van der Waals surface area (Å²) in [5.41, 5.74) is 2.42. The van der Waals surface area contributed by atoms with Crippen molar-refractivity contribution >= 4 is 11.6 Å². The van der Waals surface area contributed by atoms with Gasteiger partial charge in [-0.15, -0.1) is 0 Å². The Kier molecular flexibility index (Phi) is 5.50. The van der Waals surface area contributed by atoms with Gasteiger partial charge < -0.3 is 15.8 Å². The lowest BCUT2D eigenvalue weighted by Gasteiger charge is -2.19. The molecule has 0 aliphatic carbocycles. The number of aromatic nitrogens is 2. The van der Waals surface area contributed by atoms with E-state index in [9.17, 15) is 0 Å². The molecule has 0 aliphatic heterocycles. The van der Waals surface area contributed by atoms with Crippen LogP contribution in [-0.4, -0.2) is 28.2 Å². The molecule has 0 spiro atoms. The van der Waals surface area contributed by atoms with Crippen LogP contribution in [0.2, 0.25) is 0 Å². The molecule has 1 aromatic rings. The molecule has 5 N–H and O–H groups in total. The zero-order valence-corrected chi connectivity index (χ0v) is 12.2. The highest BCUT2D eigenvalue weighted by atomic mass is 16.3. The van der Waals surface area contributed by atoms with E-state index >= 15 is 0 Å². The molecule has 19 heavy (non-hydrogen) atoms. The van der Waals surface area contributed by atoms with E-state index in [0.717, 1.165) is 24.6 Å². The first kappa shape index (κ1) is 15.7. The summed E-state index contributed by atoms with van der Waals surface area (Å²) in [5.74, 6) is 7.89. The molecule has 1 aromatic heterocycles. The maximum absolute atomic E-state index is 8.89. The second kappa shape index (κ2) is 6.68. The molecule has 1 atom stereocenters. The van der Waals surface area contributed by atoms with Crippen molar-refractivity contribution in [2.75, 3.05) is 23.9 Å². The van der Waals surface area contributed by atoms with Gasteiger partial charge in [-0.2, -0.15) is 0 Å². The highest BCUT2D eigenvalue weighted by molar-refractivity contribution is 5.47. The van der Waals surface area contributed by atoms with Gasteiger partial charge in [-0.1, -0.05) is 27.7 Å². The molecule has 108 valence electrons. The van der Waals surface area contributed by atoms with Crippen LogP contribution in [0.15, 0.2) is 6.07 Å². The van der Waals surface area contributed by atoms with Crippen molar-refractivity contribution in [2.24, 2.45) is 11.8 Å². The average Bonchev–Trinajstić information content (AvgIpc) is 2.35. The number of anilines is 2.